The number of carbonyl (C=O) groups is 1. The largest absolute Gasteiger partial charge is 0.496 e. The van der Waals surface area contributed by atoms with Crippen LogP contribution in [-0.4, -0.2) is 44.1 Å². The van der Waals surface area contributed by atoms with Crippen LogP contribution in [0.2, 0.25) is 0 Å². The summed E-state index contributed by atoms with van der Waals surface area (Å²) in [4.78, 5) is 14.4. The predicted octanol–water partition coefficient (Wildman–Crippen LogP) is 1.74. The van der Waals surface area contributed by atoms with E-state index in [0.29, 0.717) is 29.6 Å². The number of hydrogen-bond acceptors (Lipinski definition) is 4. The van der Waals surface area contributed by atoms with Gasteiger partial charge in [-0.1, -0.05) is 6.07 Å². The van der Waals surface area contributed by atoms with E-state index in [9.17, 15) is 4.79 Å². The summed E-state index contributed by atoms with van der Waals surface area (Å²) in [6.45, 7) is 5.86. The van der Waals surface area contributed by atoms with E-state index in [0.717, 1.165) is 13.0 Å². The molecule has 5 heteroatoms. The Balaban J connectivity index is 2.52. The number of nitrogens with zero attached hydrogens (tertiary/aromatic N) is 1. The number of benzene rings is 1. The third-order valence-electron chi connectivity index (χ3n) is 3.36. The van der Waals surface area contributed by atoms with Gasteiger partial charge in [-0.2, -0.15) is 0 Å². The molecule has 0 atom stereocenters. The summed E-state index contributed by atoms with van der Waals surface area (Å²) in [7, 11) is 3.61. The maximum atomic E-state index is 12.1. The molecule has 0 unspecified atom stereocenters. The van der Waals surface area contributed by atoms with Gasteiger partial charge < -0.3 is 20.7 Å². The van der Waals surface area contributed by atoms with Gasteiger partial charge in [0, 0.05) is 18.3 Å². The fourth-order valence-electron chi connectivity index (χ4n) is 1.84. The number of nitrogens with two attached hydrogens (primary N) is 1. The maximum Gasteiger partial charge on any atom is 0.257 e. The van der Waals surface area contributed by atoms with Gasteiger partial charge in [-0.05, 0) is 46.0 Å². The standard InChI is InChI=1S/C15H25N3O2/c1-11(2)18(3)10-6-9-17-15(19)14-12(16)7-5-8-13(14)20-4/h5,7-8,11H,6,9-10,16H2,1-4H3,(H,17,19). The van der Waals surface area contributed by atoms with Crippen LogP contribution in [0, 0.1) is 0 Å². The second kappa shape index (κ2) is 7.75. The molecule has 0 aliphatic heterocycles. The van der Waals surface area contributed by atoms with Crippen LogP contribution in [0.5, 0.6) is 5.75 Å². The lowest BCUT2D eigenvalue weighted by molar-refractivity contribution is 0.0949. The second-order valence-electron chi connectivity index (χ2n) is 5.11. The third kappa shape index (κ3) is 4.42. The molecule has 20 heavy (non-hydrogen) atoms. The Morgan fingerprint density at radius 1 is 1.45 bits per heavy atom. The van der Waals surface area contributed by atoms with Crippen LogP contribution < -0.4 is 15.8 Å². The number of amides is 1. The van der Waals surface area contributed by atoms with Gasteiger partial charge in [0.1, 0.15) is 11.3 Å². The van der Waals surface area contributed by atoms with Gasteiger partial charge in [-0.25, -0.2) is 0 Å². The molecule has 0 aliphatic rings. The Kier molecular flexibility index (Phi) is 6.31. The third-order valence-corrected chi connectivity index (χ3v) is 3.36. The van der Waals surface area contributed by atoms with Gasteiger partial charge in [0.15, 0.2) is 0 Å². The minimum absolute atomic E-state index is 0.188. The first kappa shape index (κ1) is 16.3. The Morgan fingerprint density at radius 2 is 2.15 bits per heavy atom. The van der Waals surface area contributed by atoms with Crippen molar-refractivity contribution in [2.45, 2.75) is 26.3 Å². The summed E-state index contributed by atoms with van der Waals surface area (Å²) in [5.74, 6) is 0.314. The highest BCUT2D eigenvalue weighted by atomic mass is 16.5. The van der Waals surface area contributed by atoms with E-state index in [1.54, 1.807) is 18.2 Å². The molecule has 0 saturated heterocycles. The van der Waals surface area contributed by atoms with Gasteiger partial charge in [-0.3, -0.25) is 4.79 Å². The summed E-state index contributed by atoms with van der Waals surface area (Å²) in [5, 5.41) is 2.88. The number of nitrogens with one attached hydrogen (secondary N) is 1. The Bertz CT molecular complexity index is 447. The zero-order valence-electron chi connectivity index (χ0n) is 12.8. The van der Waals surface area contributed by atoms with Crippen molar-refractivity contribution in [1.82, 2.24) is 10.2 Å². The molecule has 3 N–H and O–H groups in total. The molecular weight excluding hydrogens is 254 g/mol. The van der Waals surface area contributed by atoms with Gasteiger partial charge in [-0.15, -0.1) is 0 Å². The van der Waals surface area contributed by atoms with Gasteiger partial charge in [0.25, 0.3) is 5.91 Å². The number of methoxy groups -OCH3 is 1. The smallest absolute Gasteiger partial charge is 0.257 e. The lowest BCUT2D eigenvalue weighted by Crippen LogP contribution is -2.31. The number of ether oxygens (including phenoxy) is 1. The molecule has 1 aromatic carbocycles. The molecule has 0 aliphatic carbocycles. The molecule has 0 aromatic heterocycles. The van der Waals surface area contributed by atoms with Crippen molar-refractivity contribution in [3.05, 3.63) is 23.8 Å². The zero-order chi connectivity index (χ0) is 15.1. The lowest BCUT2D eigenvalue weighted by atomic mass is 10.1. The van der Waals surface area contributed by atoms with Gasteiger partial charge in [0.05, 0.1) is 7.11 Å². The van der Waals surface area contributed by atoms with E-state index < -0.39 is 0 Å². The number of hydrogen-bond donors (Lipinski definition) is 2. The van der Waals surface area contributed by atoms with Crippen molar-refractivity contribution in [2.24, 2.45) is 0 Å². The highest BCUT2D eigenvalue weighted by Gasteiger charge is 2.15. The lowest BCUT2D eigenvalue weighted by Gasteiger charge is -2.20. The monoisotopic (exact) mass is 279 g/mol. The van der Waals surface area contributed by atoms with E-state index in [2.05, 4.69) is 31.1 Å². The zero-order valence-corrected chi connectivity index (χ0v) is 12.8. The van der Waals surface area contributed by atoms with Crippen LogP contribution in [0.4, 0.5) is 5.69 Å². The number of carbonyl (C=O) groups excluding carboxylic acids is 1. The summed E-state index contributed by atoms with van der Waals surface area (Å²) in [6.07, 6.45) is 0.898. The molecular formula is C15H25N3O2. The normalized spacial score (nSPS) is 10.9. The first-order valence-electron chi connectivity index (χ1n) is 6.88. The molecule has 1 rings (SSSR count). The maximum absolute atomic E-state index is 12.1. The van der Waals surface area contributed by atoms with E-state index in [4.69, 9.17) is 10.5 Å². The summed E-state index contributed by atoms with van der Waals surface area (Å²) < 4.78 is 5.17. The Labute approximate surface area is 121 Å². The van der Waals surface area contributed by atoms with Crippen LogP contribution in [0.15, 0.2) is 18.2 Å². The van der Waals surface area contributed by atoms with Crippen LogP contribution in [-0.2, 0) is 0 Å². The molecule has 0 heterocycles. The molecule has 1 aromatic rings. The predicted molar refractivity (Wildman–Crippen MR) is 82.1 cm³/mol. The Morgan fingerprint density at radius 3 is 2.75 bits per heavy atom. The number of anilines is 1. The summed E-state index contributed by atoms with van der Waals surface area (Å²) >= 11 is 0. The molecule has 0 bridgehead atoms. The van der Waals surface area contributed by atoms with Crippen molar-refractivity contribution in [2.75, 3.05) is 33.0 Å². The van der Waals surface area contributed by atoms with E-state index in [1.807, 2.05) is 0 Å². The van der Waals surface area contributed by atoms with Gasteiger partial charge >= 0.3 is 0 Å². The Hall–Kier alpha value is -1.75. The fraction of sp³-hybridized carbons (Fsp3) is 0.533. The topological polar surface area (TPSA) is 67.6 Å². The average Bonchev–Trinajstić information content (AvgIpc) is 2.42. The number of rotatable bonds is 7. The van der Waals surface area contributed by atoms with Crippen LogP contribution in [0.1, 0.15) is 30.6 Å². The van der Waals surface area contributed by atoms with Crippen LogP contribution in [0.3, 0.4) is 0 Å². The quantitative estimate of drug-likeness (QED) is 0.589. The van der Waals surface area contributed by atoms with E-state index >= 15 is 0 Å². The van der Waals surface area contributed by atoms with E-state index in [-0.39, 0.29) is 5.91 Å². The first-order chi connectivity index (χ1) is 9.47. The highest BCUT2D eigenvalue weighted by molar-refractivity contribution is 6.01. The van der Waals surface area contributed by atoms with Crippen molar-refractivity contribution in [3.8, 4) is 5.75 Å². The molecule has 112 valence electrons. The summed E-state index contributed by atoms with van der Waals surface area (Å²) in [6, 6.07) is 5.71. The minimum Gasteiger partial charge on any atom is -0.496 e. The van der Waals surface area contributed by atoms with Crippen LogP contribution >= 0.6 is 0 Å². The SMILES string of the molecule is COc1cccc(N)c1C(=O)NCCCN(C)C(C)C. The average molecular weight is 279 g/mol. The fourth-order valence-corrected chi connectivity index (χ4v) is 1.84. The van der Waals surface area contributed by atoms with Crippen molar-refractivity contribution in [3.63, 3.8) is 0 Å². The van der Waals surface area contributed by atoms with E-state index in [1.165, 1.54) is 7.11 Å². The number of nitrogen functional groups attached to an aromatic ring is 1. The van der Waals surface area contributed by atoms with Crippen molar-refractivity contribution in [1.29, 1.82) is 0 Å². The van der Waals surface area contributed by atoms with Crippen molar-refractivity contribution >= 4 is 11.6 Å². The molecule has 1 amide bonds. The summed E-state index contributed by atoms with van der Waals surface area (Å²) in [5.41, 5.74) is 6.68. The molecule has 0 radical (unpaired) electrons. The first-order valence-corrected chi connectivity index (χ1v) is 6.88. The minimum atomic E-state index is -0.188. The van der Waals surface area contributed by atoms with Crippen molar-refractivity contribution < 1.29 is 9.53 Å². The molecule has 0 fully saturated rings. The second-order valence-corrected chi connectivity index (χ2v) is 5.11. The highest BCUT2D eigenvalue weighted by Crippen LogP contribution is 2.23. The van der Waals surface area contributed by atoms with Crippen LogP contribution in [0.25, 0.3) is 0 Å². The molecule has 0 saturated carbocycles. The van der Waals surface area contributed by atoms with Gasteiger partial charge in [0.2, 0.25) is 0 Å². The molecule has 5 nitrogen and oxygen atoms in total. The molecule has 0 spiro atoms.